The second-order valence-corrected chi connectivity index (χ2v) is 8.70. The molecule has 0 spiro atoms. The van der Waals surface area contributed by atoms with E-state index in [1.54, 1.807) is 11.1 Å². The van der Waals surface area contributed by atoms with E-state index in [0.29, 0.717) is 36.4 Å². The first kappa shape index (κ1) is 21.4. The summed E-state index contributed by atoms with van der Waals surface area (Å²) in [5.41, 5.74) is 5.19. The van der Waals surface area contributed by atoms with Crippen LogP contribution in [0.1, 0.15) is 53.0 Å². The minimum Gasteiger partial charge on any atom is -0.381 e. The van der Waals surface area contributed by atoms with E-state index in [0.717, 1.165) is 41.0 Å². The highest BCUT2D eigenvalue weighted by Gasteiger charge is 2.24. The van der Waals surface area contributed by atoms with Gasteiger partial charge in [-0.25, -0.2) is 4.98 Å². The Labute approximate surface area is 192 Å². The van der Waals surface area contributed by atoms with Crippen LogP contribution in [0.2, 0.25) is 0 Å². The summed E-state index contributed by atoms with van der Waals surface area (Å²) in [7, 11) is 0. The molecule has 170 valence electrons. The monoisotopic (exact) mass is 444 g/mol. The van der Waals surface area contributed by atoms with E-state index in [1.165, 1.54) is 0 Å². The molecule has 1 fully saturated rings. The van der Waals surface area contributed by atoms with Gasteiger partial charge in [0.2, 0.25) is 0 Å². The number of para-hydroxylation sites is 1. The summed E-state index contributed by atoms with van der Waals surface area (Å²) in [5, 5.41) is 0. The van der Waals surface area contributed by atoms with Crippen molar-refractivity contribution in [1.82, 2.24) is 14.4 Å². The molecule has 0 radical (unpaired) electrons. The van der Waals surface area contributed by atoms with Gasteiger partial charge in [-0.3, -0.25) is 14.0 Å². The van der Waals surface area contributed by atoms with Crippen LogP contribution in [0.25, 0.3) is 16.6 Å². The van der Waals surface area contributed by atoms with Crippen LogP contribution in [0, 0.1) is 13.8 Å². The summed E-state index contributed by atoms with van der Waals surface area (Å²) >= 11 is 0. The highest BCUT2D eigenvalue weighted by atomic mass is 16.5. The number of aromatic nitrogens is 3. The number of carbonyl (C=O) groups excluding carboxylic acids is 1. The largest absolute Gasteiger partial charge is 0.381 e. The Bertz CT molecular complexity index is 1410. The number of hydrogen-bond donors (Lipinski definition) is 1. The highest BCUT2D eigenvalue weighted by Crippen LogP contribution is 2.29. The molecular formula is C26H28N4O3. The summed E-state index contributed by atoms with van der Waals surface area (Å²) < 4.78 is 7.48. The number of fused-ring (bicyclic) bond motifs is 3. The number of nitrogens with one attached hydrogen (secondary N) is 1. The molecule has 1 aliphatic heterocycles. The van der Waals surface area contributed by atoms with Crippen LogP contribution >= 0.6 is 0 Å². The Morgan fingerprint density at radius 2 is 1.91 bits per heavy atom. The number of aryl methyl sites for hydroxylation is 2. The molecule has 2 aromatic carbocycles. The van der Waals surface area contributed by atoms with Crippen LogP contribution in [0.4, 0.5) is 5.69 Å². The Morgan fingerprint density at radius 1 is 1.15 bits per heavy atom. The first-order valence-electron chi connectivity index (χ1n) is 11.5. The lowest BCUT2D eigenvalue weighted by molar-refractivity contribution is 0.0835. The number of hydrogen-bond acceptors (Lipinski definition) is 4. The second-order valence-electron chi connectivity index (χ2n) is 8.70. The summed E-state index contributed by atoms with van der Waals surface area (Å²) in [5.74, 6) is 1.05. The molecule has 0 aliphatic carbocycles. The average molecular weight is 445 g/mol. The Hall–Kier alpha value is -3.45. The Kier molecular flexibility index (Phi) is 5.50. The average Bonchev–Trinajstić information content (AvgIpc) is 3.28. The number of rotatable bonds is 4. The van der Waals surface area contributed by atoms with Gasteiger partial charge in [0.15, 0.2) is 0 Å². The lowest BCUT2D eigenvalue weighted by Gasteiger charge is -2.24. The van der Waals surface area contributed by atoms with Crippen molar-refractivity contribution in [2.75, 3.05) is 24.7 Å². The van der Waals surface area contributed by atoms with Gasteiger partial charge in [-0.1, -0.05) is 18.2 Å². The molecule has 0 atom stereocenters. The van der Waals surface area contributed by atoms with Crippen LogP contribution in [0.3, 0.4) is 0 Å². The van der Waals surface area contributed by atoms with E-state index in [4.69, 9.17) is 4.74 Å². The number of carbonyl (C=O) groups is 1. The highest BCUT2D eigenvalue weighted by molar-refractivity contribution is 6.09. The molecule has 4 aromatic rings. The fourth-order valence-corrected chi connectivity index (χ4v) is 4.85. The zero-order chi connectivity index (χ0) is 23.1. The lowest BCUT2D eigenvalue weighted by Crippen LogP contribution is -2.31. The minimum atomic E-state index is -0.207. The van der Waals surface area contributed by atoms with Crippen molar-refractivity contribution in [3.63, 3.8) is 0 Å². The van der Waals surface area contributed by atoms with Crippen molar-refractivity contribution in [3.05, 3.63) is 75.5 Å². The molecular weight excluding hydrogens is 416 g/mol. The second kappa shape index (κ2) is 8.48. The van der Waals surface area contributed by atoms with Crippen LogP contribution in [0.15, 0.2) is 47.4 Å². The summed E-state index contributed by atoms with van der Waals surface area (Å²) in [6, 6.07) is 11.7. The molecule has 2 aromatic heterocycles. The number of anilines is 1. The van der Waals surface area contributed by atoms with Gasteiger partial charge in [-0.2, -0.15) is 0 Å². The number of benzene rings is 2. The number of nitrogens with zero attached hydrogens (tertiary/aromatic N) is 3. The first-order chi connectivity index (χ1) is 16.0. The quantitative estimate of drug-likeness (QED) is 0.507. The molecule has 5 rings (SSSR count). The normalized spacial score (nSPS) is 14.8. The van der Waals surface area contributed by atoms with Gasteiger partial charge in [-0.15, -0.1) is 0 Å². The SMILES string of the molecule is CCN(C(=O)c1cc2[nH]c(=O)c3cnc(C4CCOCC4)n3c2cc1C)c1ccccc1C. The predicted octanol–water partition coefficient (Wildman–Crippen LogP) is 4.35. The summed E-state index contributed by atoms with van der Waals surface area (Å²) in [4.78, 5) is 35.9. The minimum absolute atomic E-state index is 0.0811. The fraction of sp³-hybridized carbons (Fsp3) is 0.346. The molecule has 0 saturated carbocycles. The van der Waals surface area contributed by atoms with Gasteiger partial charge < -0.3 is 14.6 Å². The first-order valence-corrected chi connectivity index (χ1v) is 11.5. The number of H-pyrrole nitrogens is 1. The molecule has 1 saturated heterocycles. The molecule has 7 heteroatoms. The third-order valence-electron chi connectivity index (χ3n) is 6.64. The molecule has 0 bridgehead atoms. The Balaban J connectivity index is 1.66. The lowest BCUT2D eigenvalue weighted by atomic mass is 9.99. The van der Waals surface area contributed by atoms with Crippen LogP contribution in [-0.2, 0) is 4.74 Å². The fourth-order valence-electron chi connectivity index (χ4n) is 4.85. The van der Waals surface area contributed by atoms with Gasteiger partial charge in [0.1, 0.15) is 11.3 Å². The topological polar surface area (TPSA) is 79.7 Å². The number of imidazole rings is 1. The molecule has 0 unspecified atom stereocenters. The van der Waals surface area contributed by atoms with E-state index in [1.807, 2.05) is 61.6 Å². The molecule has 1 amide bonds. The van der Waals surface area contributed by atoms with E-state index in [2.05, 4.69) is 9.97 Å². The smallest absolute Gasteiger partial charge is 0.274 e. The maximum atomic E-state index is 13.6. The van der Waals surface area contributed by atoms with Crippen molar-refractivity contribution in [3.8, 4) is 0 Å². The van der Waals surface area contributed by atoms with Crippen LogP contribution in [0.5, 0.6) is 0 Å². The van der Waals surface area contributed by atoms with Gasteiger partial charge in [0, 0.05) is 36.9 Å². The number of aromatic amines is 1. The third kappa shape index (κ3) is 3.62. The zero-order valence-electron chi connectivity index (χ0n) is 19.2. The molecule has 1 N–H and O–H groups in total. The van der Waals surface area contributed by atoms with E-state index < -0.39 is 0 Å². The van der Waals surface area contributed by atoms with E-state index >= 15 is 0 Å². The maximum Gasteiger partial charge on any atom is 0.274 e. The summed E-state index contributed by atoms with van der Waals surface area (Å²) in [6.07, 6.45) is 3.41. The Morgan fingerprint density at radius 3 is 2.64 bits per heavy atom. The van der Waals surface area contributed by atoms with Crippen molar-refractivity contribution in [1.29, 1.82) is 0 Å². The molecule has 33 heavy (non-hydrogen) atoms. The molecule has 3 heterocycles. The van der Waals surface area contributed by atoms with E-state index in [9.17, 15) is 9.59 Å². The van der Waals surface area contributed by atoms with Crippen molar-refractivity contribution in [2.24, 2.45) is 0 Å². The zero-order valence-corrected chi connectivity index (χ0v) is 19.2. The third-order valence-corrected chi connectivity index (χ3v) is 6.64. The van der Waals surface area contributed by atoms with Gasteiger partial charge >= 0.3 is 0 Å². The number of ether oxygens (including phenoxy) is 1. The molecule has 1 aliphatic rings. The van der Waals surface area contributed by atoms with Crippen molar-refractivity contribution < 1.29 is 9.53 Å². The van der Waals surface area contributed by atoms with Gasteiger partial charge in [0.25, 0.3) is 11.5 Å². The number of amides is 1. The van der Waals surface area contributed by atoms with E-state index in [-0.39, 0.29) is 17.4 Å². The summed E-state index contributed by atoms with van der Waals surface area (Å²) in [6.45, 7) is 7.86. The van der Waals surface area contributed by atoms with Gasteiger partial charge in [-0.05, 0) is 62.9 Å². The van der Waals surface area contributed by atoms with Crippen LogP contribution < -0.4 is 10.5 Å². The standard InChI is InChI=1S/C26H28N4O3/c1-4-29(21-8-6-5-7-16(21)2)26(32)19-14-20-22(13-17(19)3)30-23(25(31)28-20)15-27-24(30)18-9-11-33-12-10-18/h5-8,13-15,18H,4,9-12H2,1-3H3,(H,28,31). The van der Waals surface area contributed by atoms with Crippen molar-refractivity contribution >= 4 is 28.1 Å². The van der Waals surface area contributed by atoms with Gasteiger partial charge in [0.05, 0.1) is 17.2 Å². The van der Waals surface area contributed by atoms with Crippen molar-refractivity contribution in [2.45, 2.75) is 39.5 Å². The molecule has 7 nitrogen and oxygen atoms in total. The van der Waals surface area contributed by atoms with Crippen LogP contribution in [-0.4, -0.2) is 40.0 Å². The maximum absolute atomic E-state index is 13.6. The predicted molar refractivity (Wildman–Crippen MR) is 129 cm³/mol.